The largest absolute Gasteiger partial charge is 0.511 e. The van der Waals surface area contributed by atoms with Crippen LogP contribution in [-0.4, -0.2) is 54.2 Å². The van der Waals surface area contributed by atoms with Gasteiger partial charge in [0, 0.05) is 32.4 Å². The molecule has 2 aliphatic heterocycles. The fourth-order valence-corrected chi connectivity index (χ4v) is 4.13. The van der Waals surface area contributed by atoms with Gasteiger partial charge in [-0.05, 0) is 51.3 Å². The van der Waals surface area contributed by atoms with Gasteiger partial charge in [-0.2, -0.15) is 0 Å². The summed E-state index contributed by atoms with van der Waals surface area (Å²) in [6, 6.07) is 3.55. The molecule has 2 aliphatic rings. The standard InChI is InChI=1S/C22H28BNO5/c1-13-10-15(23)11-14(2)17(13)18-16(25)12-22(28-19(18)26)6-8-24(9-7-22)20(27)29-21(3,4)5/h10-11,25H,6-9,12H2,1-5H3. The number of carbonyl (C=O) groups is 2. The predicted octanol–water partition coefficient (Wildman–Crippen LogP) is 3.08. The molecule has 0 saturated carbocycles. The second-order valence-corrected chi connectivity index (χ2v) is 9.07. The summed E-state index contributed by atoms with van der Waals surface area (Å²) in [6.45, 7) is 10.0. The SMILES string of the molecule is [B]c1cc(C)c(C2=C(O)CC3(CCN(C(=O)OC(C)(C)C)CC3)OC2=O)c(C)c1. The molecular weight excluding hydrogens is 369 g/mol. The number of benzene rings is 1. The molecule has 0 bridgehead atoms. The molecule has 1 spiro atoms. The van der Waals surface area contributed by atoms with Crippen molar-refractivity contribution in [3.63, 3.8) is 0 Å². The summed E-state index contributed by atoms with van der Waals surface area (Å²) in [7, 11) is 5.88. The fraction of sp³-hybridized carbons (Fsp3) is 0.545. The number of carbonyl (C=O) groups excluding carboxylic acids is 2. The average Bonchev–Trinajstić information content (AvgIpc) is 2.55. The summed E-state index contributed by atoms with van der Waals surface area (Å²) in [5.74, 6) is -0.502. The molecule has 7 heteroatoms. The minimum Gasteiger partial charge on any atom is -0.511 e. The molecule has 1 saturated heterocycles. The Kier molecular flexibility index (Phi) is 5.45. The first kappa shape index (κ1) is 21.3. The van der Waals surface area contributed by atoms with Crippen molar-refractivity contribution in [2.75, 3.05) is 13.1 Å². The van der Waals surface area contributed by atoms with E-state index in [1.165, 1.54) is 0 Å². The summed E-state index contributed by atoms with van der Waals surface area (Å²) in [5.41, 5.74) is 1.77. The highest BCUT2D eigenvalue weighted by Gasteiger charge is 2.45. The highest BCUT2D eigenvalue weighted by molar-refractivity contribution is 6.32. The zero-order valence-corrected chi connectivity index (χ0v) is 17.8. The quantitative estimate of drug-likeness (QED) is 0.582. The van der Waals surface area contributed by atoms with E-state index in [2.05, 4.69) is 0 Å². The van der Waals surface area contributed by atoms with E-state index in [0.29, 0.717) is 37.0 Å². The van der Waals surface area contributed by atoms with E-state index in [4.69, 9.17) is 17.3 Å². The van der Waals surface area contributed by atoms with Gasteiger partial charge in [0.05, 0.1) is 0 Å². The van der Waals surface area contributed by atoms with E-state index >= 15 is 0 Å². The second kappa shape index (κ2) is 7.43. The van der Waals surface area contributed by atoms with Gasteiger partial charge in [0.15, 0.2) is 0 Å². The Balaban J connectivity index is 1.79. The molecule has 0 aromatic heterocycles. The van der Waals surface area contributed by atoms with Crippen molar-refractivity contribution < 1.29 is 24.2 Å². The lowest BCUT2D eigenvalue weighted by Gasteiger charge is -2.43. The lowest BCUT2D eigenvalue weighted by Crippen LogP contribution is -2.51. The highest BCUT2D eigenvalue weighted by Crippen LogP contribution is 2.41. The van der Waals surface area contributed by atoms with Crippen LogP contribution in [0.4, 0.5) is 4.79 Å². The Hall–Kier alpha value is -2.44. The van der Waals surface area contributed by atoms with E-state index in [1.54, 1.807) is 17.0 Å². The molecule has 2 radical (unpaired) electrons. The number of likely N-dealkylation sites (tertiary alicyclic amines) is 1. The van der Waals surface area contributed by atoms with Crippen molar-refractivity contribution in [3.05, 3.63) is 34.6 Å². The first-order valence-corrected chi connectivity index (χ1v) is 9.91. The lowest BCUT2D eigenvalue weighted by molar-refractivity contribution is -0.160. The minimum atomic E-state index is -0.793. The Morgan fingerprint density at radius 1 is 1.21 bits per heavy atom. The van der Waals surface area contributed by atoms with Crippen molar-refractivity contribution in [1.82, 2.24) is 4.90 Å². The molecule has 1 aromatic carbocycles. The third-order valence-corrected chi connectivity index (χ3v) is 5.42. The van der Waals surface area contributed by atoms with E-state index in [1.807, 2.05) is 34.6 Å². The summed E-state index contributed by atoms with van der Waals surface area (Å²) in [4.78, 5) is 26.8. The molecule has 1 fully saturated rings. The van der Waals surface area contributed by atoms with Crippen molar-refractivity contribution in [1.29, 1.82) is 0 Å². The van der Waals surface area contributed by atoms with E-state index in [9.17, 15) is 14.7 Å². The van der Waals surface area contributed by atoms with Crippen molar-refractivity contribution >= 4 is 30.9 Å². The zero-order valence-electron chi connectivity index (χ0n) is 17.8. The highest BCUT2D eigenvalue weighted by atomic mass is 16.6. The molecule has 6 nitrogen and oxygen atoms in total. The van der Waals surface area contributed by atoms with Crippen LogP contribution in [0.15, 0.2) is 17.9 Å². The van der Waals surface area contributed by atoms with Crippen LogP contribution in [0, 0.1) is 13.8 Å². The van der Waals surface area contributed by atoms with Crippen LogP contribution in [0.25, 0.3) is 5.57 Å². The molecule has 1 N–H and O–H groups in total. The summed E-state index contributed by atoms with van der Waals surface area (Å²) in [5, 5.41) is 10.8. The van der Waals surface area contributed by atoms with Gasteiger partial charge in [-0.1, -0.05) is 17.6 Å². The summed E-state index contributed by atoms with van der Waals surface area (Å²) < 4.78 is 11.3. The monoisotopic (exact) mass is 397 g/mol. The van der Waals surface area contributed by atoms with E-state index in [-0.39, 0.29) is 23.8 Å². The maximum Gasteiger partial charge on any atom is 0.410 e. The van der Waals surface area contributed by atoms with Crippen LogP contribution in [0.1, 0.15) is 56.7 Å². The van der Waals surface area contributed by atoms with Gasteiger partial charge in [0.1, 0.15) is 30.4 Å². The summed E-state index contributed by atoms with van der Waals surface area (Å²) in [6.07, 6.45) is 0.770. The molecule has 0 aliphatic carbocycles. The number of amides is 1. The molecule has 0 atom stereocenters. The van der Waals surface area contributed by atoms with Gasteiger partial charge in [-0.25, -0.2) is 9.59 Å². The molecule has 154 valence electrons. The summed E-state index contributed by atoms with van der Waals surface area (Å²) >= 11 is 0. The number of hydrogen-bond acceptors (Lipinski definition) is 5. The Labute approximate surface area is 173 Å². The Morgan fingerprint density at radius 3 is 2.24 bits per heavy atom. The smallest absolute Gasteiger partial charge is 0.410 e. The number of piperidine rings is 1. The first-order chi connectivity index (χ1) is 13.4. The van der Waals surface area contributed by atoms with Gasteiger partial charge >= 0.3 is 12.1 Å². The predicted molar refractivity (Wildman–Crippen MR) is 111 cm³/mol. The fourth-order valence-electron chi connectivity index (χ4n) is 4.13. The second-order valence-electron chi connectivity index (χ2n) is 9.07. The molecule has 1 amide bonds. The Bertz CT molecular complexity index is 853. The number of ether oxygens (including phenoxy) is 2. The van der Waals surface area contributed by atoms with Crippen molar-refractivity contribution in [2.45, 2.75) is 65.1 Å². The maximum atomic E-state index is 12.9. The van der Waals surface area contributed by atoms with Crippen LogP contribution in [0.5, 0.6) is 0 Å². The van der Waals surface area contributed by atoms with Crippen molar-refractivity contribution in [3.8, 4) is 0 Å². The third-order valence-electron chi connectivity index (χ3n) is 5.42. The van der Waals surface area contributed by atoms with Gasteiger partial charge in [-0.15, -0.1) is 0 Å². The molecule has 0 unspecified atom stereocenters. The number of aliphatic hydroxyl groups excluding tert-OH is 1. The maximum absolute atomic E-state index is 12.9. The normalized spacial score (nSPS) is 19.3. The van der Waals surface area contributed by atoms with Crippen molar-refractivity contribution in [2.24, 2.45) is 0 Å². The van der Waals surface area contributed by atoms with E-state index < -0.39 is 17.2 Å². The number of hydrogen-bond donors (Lipinski definition) is 1. The first-order valence-electron chi connectivity index (χ1n) is 9.91. The van der Waals surface area contributed by atoms with Crippen LogP contribution >= 0.6 is 0 Å². The molecule has 29 heavy (non-hydrogen) atoms. The van der Waals surface area contributed by atoms with Crippen LogP contribution in [0.3, 0.4) is 0 Å². The van der Waals surface area contributed by atoms with Gasteiger partial charge < -0.3 is 19.5 Å². The van der Waals surface area contributed by atoms with Gasteiger partial charge in [0.2, 0.25) is 0 Å². The number of aryl methyl sites for hydroxylation is 2. The average molecular weight is 397 g/mol. The topological polar surface area (TPSA) is 76.1 Å². The van der Waals surface area contributed by atoms with Gasteiger partial charge in [-0.3, -0.25) is 0 Å². The molecular formula is C22H28BNO5. The molecule has 3 rings (SSSR count). The zero-order chi connectivity index (χ0) is 21.6. The minimum absolute atomic E-state index is 0.0305. The Morgan fingerprint density at radius 2 is 1.76 bits per heavy atom. The molecule has 2 heterocycles. The van der Waals surface area contributed by atoms with Crippen LogP contribution in [-0.2, 0) is 14.3 Å². The lowest BCUT2D eigenvalue weighted by atomic mass is 9.81. The number of nitrogens with zero attached hydrogens (tertiary/aromatic N) is 1. The number of rotatable bonds is 1. The van der Waals surface area contributed by atoms with E-state index in [0.717, 1.165) is 11.1 Å². The third kappa shape index (κ3) is 4.44. The van der Waals surface area contributed by atoms with Crippen LogP contribution < -0.4 is 5.46 Å². The van der Waals surface area contributed by atoms with Crippen LogP contribution in [0.2, 0.25) is 0 Å². The molecule has 1 aromatic rings. The number of aliphatic hydroxyl groups is 1. The number of esters is 1. The van der Waals surface area contributed by atoms with Gasteiger partial charge in [0.25, 0.3) is 0 Å².